The van der Waals surface area contributed by atoms with Gasteiger partial charge in [-0.2, -0.15) is 0 Å². The Balaban J connectivity index is 1.37. The Bertz CT molecular complexity index is 764. The smallest absolute Gasteiger partial charge is 0.320 e. The molecule has 2 aliphatic heterocycles. The maximum absolute atomic E-state index is 12.1. The van der Waals surface area contributed by atoms with E-state index in [9.17, 15) is 4.79 Å². The minimum atomic E-state index is -0.191. The molecule has 4 rings (SSSR count). The molecule has 2 aliphatic rings. The van der Waals surface area contributed by atoms with Crippen LogP contribution in [0.3, 0.4) is 0 Å². The first-order valence-electron chi connectivity index (χ1n) is 9.05. The highest BCUT2D eigenvalue weighted by atomic mass is 32.1. The number of nitrogens with zero attached hydrogens (tertiary/aromatic N) is 1. The van der Waals surface area contributed by atoms with Crippen molar-refractivity contribution < 1.29 is 9.53 Å². The predicted molar refractivity (Wildman–Crippen MR) is 104 cm³/mol. The number of carbonyl (C=O) groups is 1. The molecule has 1 aromatic carbocycles. The first-order valence-corrected chi connectivity index (χ1v) is 9.93. The lowest BCUT2D eigenvalue weighted by molar-refractivity contribution is -0.0500. The van der Waals surface area contributed by atoms with Gasteiger partial charge in [0, 0.05) is 28.9 Å². The summed E-state index contributed by atoms with van der Waals surface area (Å²) >= 11 is 1.53. The third-order valence-corrected chi connectivity index (χ3v) is 5.94. The number of urea groups is 1. The molecular formula is C19H24N4O2S. The summed E-state index contributed by atoms with van der Waals surface area (Å²) in [6.45, 7) is 5.64. The van der Waals surface area contributed by atoms with E-state index in [1.807, 2.05) is 5.38 Å². The molecule has 26 heavy (non-hydrogen) atoms. The fourth-order valence-corrected chi connectivity index (χ4v) is 4.12. The number of rotatable bonds is 4. The maximum Gasteiger partial charge on any atom is 0.320 e. The lowest BCUT2D eigenvalue weighted by Crippen LogP contribution is -2.47. The Kier molecular flexibility index (Phi) is 4.93. The number of benzene rings is 1. The molecule has 0 saturated carbocycles. The van der Waals surface area contributed by atoms with Crippen molar-refractivity contribution in [3.05, 3.63) is 35.2 Å². The lowest BCUT2D eigenvalue weighted by atomic mass is 9.80. The van der Waals surface area contributed by atoms with Gasteiger partial charge in [-0.05, 0) is 24.9 Å². The van der Waals surface area contributed by atoms with Crippen molar-refractivity contribution in [1.29, 1.82) is 0 Å². The molecule has 0 aliphatic carbocycles. The van der Waals surface area contributed by atoms with Gasteiger partial charge in [-0.15, -0.1) is 11.3 Å². The normalized spacial score (nSPS) is 21.7. The van der Waals surface area contributed by atoms with Crippen LogP contribution in [0.15, 0.2) is 29.6 Å². The molecule has 1 aromatic heterocycles. The zero-order valence-corrected chi connectivity index (χ0v) is 15.7. The van der Waals surface area contributed by atoms with Crippen LogP contribution in [-0.4, -0.2) is 43.4 Å². The largest absolute Gasteiger partial charge is 0.379 e. The van der Waals surface area contributed by atoms with E-state index in [1.54, 1.807) is 0 Å². The van der Waals surface area contributed by atoms with Crippen molar-refractivity contribution in [2.24, 2.45) is 0 Å². The van der Waals surface area contributed by atoms with E-state index in [4.69, 9.17) is 4.74 Å². The monoisotopic (exact) mass is 372 g/mol. The number of thiazole rings is 1. The fraction of sp³-hybridized carbons (Fsp3) is 0.474. The predicted octanol–water partition coefficient (Wildman–Crippen LogP) is 2.97. The number of hydrogen-bond donors (Lipinski definition) is 3. The van der Waals surface area contributed by atoms with Crippen molar-refractivity contribution in [2.75, 3.05) is 31.6 Å². The van der Waals surface area contributed by atoms with E-state index in [0.717, 1.165) is 49.7 Å². The average Bonchev–Trinajstić information content (AvgIpc) is 3.09. The average molecular weight is 372 g/mol. The van der Waals surface area contributed by atoms with E-state index in [0.29, 0.717) is 5.82 Å². The summed E-state index contributed by atoms with van der Waals surface area (Å²) in [5.74, 6) is 0.592. The Morgan fingerprint density at radius 3 is 2.81 bits per heavy atom. The first kappa shape index (κ1) is 17.5. The fourth-order valence-electron chi connectivity index (χ4n) is 3.37. The van der Waals surface area contributed by atoms with Crippen molar-refractivity contribution in [2.45, 2.75) is 31.2 Å². The number of hydrogen-bond acceptors (Lipinski definition) is 5. The van der Waals surface area contributed by atoms with E-state index < -0.39 is 0 Å². The van der Waals surface area contributed by atoms with Gasteiger partial charge in [-0.1, -0.05) is 31.2 Å². The Morgan fingerprint density at radius 1 is 1.35 bits per heavy atom. The van der Waals surface area contributed by atoms with Gasteiger partial charge in [0.1, 0.15) is 10.8 Å². The van der Waals surface area contributed by atoms with Gasteiger partial charge in [0.15, 0.2) is 0 Å². The number of ether oxygens (including phenoxy) is 1. The summed E-state index contributed by atoms with van der Waals surface area (Å²) in [6.07, 6.45) is 2.10. The molecule has 3 N–H and O–H groups in total. The third kappa shape index (κ3) is 3.75. The molecule has 6 nitrogen and oxygen atoms in total. The van der Waals surface area contributed by atoms with Crippen LogP contribution >= 0.6 is 11.3 Å². The van der Waals surface area contributed by atoms with Gasteiger partial charge in [0.25, 0.3) is 0 Å². The van der Waals surface area contributed by atoms with Crippen LogP contribution < -0.4 is 16.0 Å². The molecule has 2 fully saturated rings. The summed E-state index contributed by atoms with van der Waals surface area (Å²) in [4.78, 5) is 16.7. The van der Waals surface area contributed by atoms with Crippen molar-refractivity contribution >= 4 is 23.2 Å². The molecule has 7 heteroatoms. The highest BCUT2D eigenvalue weighted by Crippen LogP contribution is 2.33. The number of piperidine rings is 1. The Hall–Kier alpha value is -1.96. The summed E-state index contributed by atoms with van der Waals surface area (Å²) in [7, 11) is 0. The Labute approximate surface area is 157 Å². The first-order chi connectivity index (χ1) is 12.6. The van der Waals surface area contributed by atoms with Gasteiger partial charge >= 0.3 is 6.03 Å². The van der Waals surface area contributed by atoms with Crippen LogP contribution in [0.1, 0.15) is 25.3 Å². The highest BCUT2D eigenvalue weighted by Gasteiger charge is 2.35. The summed E-state index contributed by atoms with van der Waals surface area (Å²) in [6, 6.07) is 8.48. The van der Waals surface area contributed by atoms with Crippen LogP contribution in [0.4, 0.5) is 10.6 Å². The van der Waals surface area contributed by atoms with Crippen LogP contribution in [-0.2, 0) is 10.2 Å². The summed E-state index contributed by atoms with van der Waals surface area (Å²) < 4.78 is 5.34. The molecule has 0 radical (unpaired) electrons. The zero-order chi connectivity index (χ0) is 18.0. The second kappa shape index (κ2) is 7.34. The maximum atomic E-state index is 12.1. The second-order valence-corrected chi connectivity index (χ2v) is 8.17. The number of carbonyl (C=O) groups excluding carboxylic acids is 1. The third-order valence-electron chi connectivity index (χ3n) is 5.05. The molecule has 2 saturated heterocycles. The van der Waals surface area contributed by atoms with E-state index in [-0.39, 0.29) is 17.5 Å². The number of nitrogens with one attached hydrogen (secondary N) is 3. The van der Waals surface area contributed by atoms with Gasteiger partial charge in [-0.25, -0.2) is 9.78 Å². The van der Waals surface area contributed by atoms with Crippen LogP contribution in [0.5, 0.6) is 0 Å². The van der Waals surface area contributed by atoms with Crippen molar-refractivity contribution in [3.63, 3.8) is 0 Å². The van der Waals surface area contributed by atoms with Gasteiger partial charge in [-0.3, -0.25) is 5.32 Å². The molecule has 1 atom stereocenters. The van der Waals surface area contributed by atoms with E-state index in [2.05, 4.69) is 52.1 Å². The molecule has 0 unspecified atom stereocenters. The van der Waals surface area contributed by atoms with Crippen LogP contribution in [0, 0.1) is 0 Å². The van der Waals surface area contributed by atoms with Crippen molar-refractivity contribution in [1.82, 2.24) is 15.6 Å². The van der Waals surface area contributed by atoms with E-state index >= 15 is 0 Å². The molecule has 3 heterocycles. The molecule has 2 aromatic rings. The van der Waals surface area contributed by atoms with Gasteiger partial charge in [0.2, 0.25) is 0 Å². The Morgan fingerprint density at radius 2 is 2.15 bits per heavy atom. The minimum Gasteiger partial charge on any atom is -0.379 e. The molecule has 138 valence electrons. The molecular weight excluding hydrogens is 348 g/mol. The van der Waals surface area contributed by atoms with Gasteiger partial charge < -0.3 is 15.4 Å². The number of amides is 2. The molecule has 2 amide bonds. The highest BCUT2D eigenvalue weighted by molar-refractivity contribution is 7.13. The minimum absolute atomic E-state index is 0.139. The standard InChI is InChI=1S/C19H24N4O2S/c1-19(11-25-12-19)14-6-4-13(5-7-14)17-22-16(10-26-17)23-18(24)21-15-3-2-8-20-9-15/h4-7,10,15,20H,2-3,8-9,11-12H2,1H3,(H2,21,23,24)/t15-/m0/s1. The molecule has 0 spiro atoms. The summed E-state index contributed by atoms with van der Waals surface area (Å²) in [5.41, 5.74) is 2.50. The van der Waals surface area contributed by atoms with Crippen LogP contribution in [0.2, 0.25) is 0 Å². The zero-order valence-electron chi connectivity index (χ0n) is 14.9. The topological polar surface area (TPSA) is 75.3 Å². The number of aromatic nitrogens is 1. The SMILES string of the molecule is CC1(c2ccc(-c3nc(NC(=O)N[C@H]4CCCNC4)cs3)cc2)COC1. The van der Waals surface area contributed by atoms with Crippen LogP contribution in [0.25, 0.3) is 10.6 Å². The number of anilines is 1. The van der Waals surface area contributed by atoms with E-state index in [1.165, 1.54) is 16.9 Å². The van der Waals surface area contributed by atoms with Gasteiger partial charge in [0.05, 0.1) is 13.2 Å². The molecule has 0 bridgehead atoms. The van der Waals surface area contributed by atoms with Crippen molar-refractivity contribution in [3.8, 4) is 10.6 Å². The lowest BCUT2D eigenvalue weighted by Gasteiger charge is -2.38. The quantitative estimate of drug-likeness (QED) is 0.771. The second-order valence-electron chi connectivity index (χ2n) is 7.31. The summed E-state index contributed by atoms with van der Waals surface area (Å²) in [5, 5.41) is 11.9.